The number of H-pyrrole nitrogens is 1. The Labute approximate surface area is 90.2 Å². The molecule has 0 unspecified atom stereocenters. The van der Waals surface area contributed by atoms with Crippen molar-refractivity contribution in [2.45, 2.75) is 0 Å². The molecule has 8 nitrogen and oxygen atoms in total. The van der Waals surface area contributed by atoms with Crippen molar-refractivity contribution in [3.8, 4) is 11.5 Å². The Kier molecular flexibility index (Phi) is 1.85. The molecule has 2 amide bonds. The summed E-state index contributed by atoms with van der Waals surface area (Å²) in [6.07, 6.45) is 3.12. The summed E-state index contributed by atoms with van der Waals surface area (Å²) < 4.78 is 0. The van der Waals surface area contributed by atoms with Crippen LogP contribution < -0.4 is 10.3 Å². The van der Waals surface area contributed by atoms with Crippen LogP contribution >= 0.6 is 0 Å². The molecular formula is C8H9N7O. The maximum Gasteiger partial charge on any atom is 0.337 e. The summed E-state index contributed by atoms with van der Waals surface area (Å²) in [4.78, 5) is 16.9. The quantitative estimate of drug-likeness (QED) is 0.700. The number of carbonyl (C=O) groups excluding carboxylic acids is 1. The van der Waals surface area contributed by atoms with Crippen molar-refractivity contribution in [1.29, 1.82) is 0 Å². The Balaban J connectivity index is 1.91. The minimum absolute atomic E-state index is 0.146. The standard InChI is InChI=1S/C8H9N7O/c16-8-9-2-4-14(8)15-3-1-6(13-15)7-10-5-11-12-7/h1,3,5H,2,4H2,(H,9,16)(H,10,11,12). The number of nitrogens with zero attached hydrogens (tertiary/aromatic N) is 5. The third-order valence-corrected chi connectivity index (χ3v) is 2.32. The van der Waals surface area contributed by atoms with Gasteiger partial charge in [0, 0.05) is 6.54 Å². The fraction of sp³-hybridized carbons (Fsp3) is 0.250. The summed E-state index contributed by atoms with van der Waals surface area (Å²) in [6, 6.07) is 1.62. The van der Waals surface area contributed by atoms with Gasteiger partial charge in [0.25, 0.3) is 0 Å². The van der Waals surface area contributed by atoms with Crippen LogP contribution in [0.4, 0.5) is 4.79 Å². The van der Waals surface area contributed by atoms with Gasteiger partial charge < -0.3 is 5.32 Å². The van der Waals surface area contributed by atoms with E-state index in [1.807, 2.05) is 0 Å². The number of rotatable bonds is 2. The van der Waals surface area contributed by atoms with Crippen LogP contribution in [0.5, 0.6) is 0 Å². The first-order valence-electron chi connectivity index (χ1n) is 4.81. The van der Waals surface area contributed by atoms with Gasteiger partial charge in [-0.25, -0.2) is 14.8 Å². The van der Waals surface area contributed by atoms with Crippen molar-refractivity contribution >= 4 is 6.03 Å². The lowest BCUT2D eigenvalue weighted by Crippen LogP contribution is -2.38. The largest absolute Gasteiger partial charge is 0.337 e. The van der Waals surface area contributed by atoms with E-state index in [1.54, 1.807) is 12.3 Å². The van der Waals surface area contributed by atoms with Crippen LogP contribution in [0.1, 0.15) is 0 Å². The molecule has 1 saturated heterocycles. The average Bonchev–Trinajstić information content (AvgIpc) is 2.96. The van der Waals surface area contributed by atoms with E-state index in [0.717, 1.165) is 0 Å². The predicted molar refractivity (Wildman–Crippen MR) is 54.1 cm³/mol. The highest BCUT2D eigenvalue weighted by molar-refractivity contribution is 5.86. The molecule has 0 saturated carbocycles. The third kappa shape index (κ3) is 1.31. The maximum atomic E-state index is 11.4. The molecule has 0 aromatic carbocycles. The number of urea groups is 1. The van der Waals surface area contributed by atoms with Crippen LogP contribution in [0.2, 0.25) is 0 Å². The molecule has 0 spiro atoms. The average molecular weight is 219 g/mol. The summed E-state index contributed by atoms with van der Waals surface area (Å²) in [5, 5.41) is 14.9. The third-order valence-electron chi connectivity index (χ3n) is 2.32. The van der Waals surface area contributed by atoms with Gasteiger partial charge in [-0.2, -0.15) is 9.89 Å². The van der Waals surface area contributed by atoms with Crippen LogP contribution in [0.25, 0.3) is 11.5 Å². The van der Waals surface area contributed by atoms with Crippen LogP contribution in [-0.4, -0.2) is 44.2 Å². The van der Waals surface area contributed by atoms with E-state index in [4.69, 9.17) is 0 Å². The Morgan fingerprint density at radius 3 is 3.06 bits per heavy atom. The van der Waals surface area contributed by atoms with Crippen molar-refractivity contribution < 1.29 is 4.79 Å². The van der Waals surface area contributed by atoms with Gasteiger partial charge in [0.05, 0.1) is 12.7 Å². The predicted octanol–water partition coefficient (Wildman–Crippen LogP) is -0.671. The van der Waals surface area contributed by atoms with Crippen molar-refractivity contribution in [2.75, 3.05) is 18.1 Å². The molecule has 0 radical (unpaired) electrons. The number of hydrogen-bond acceptors (Lipinski definition) is 4. The molecule has 3 heterocycles. The Bertz CT molecular complexity index is 502. The molecule has 1 fully saturated rings. The number of aromatic amines is 1. The lowest BCUT2D eigenvalue weighted by atomic mass is 10.4. The molecule has 2 aromatic heterocycles. The molecule has 1 aliphatic heterocycles. The molecule has 2 aromatic rings. The lowest BCUT2D eigenvalue weighted by Gasteiger charge is -2.12. The minimum atomic E-state index is -0.146. The van der Waals surface area contributed by atoms with Crippen LogP contribution in [0.3, 0.4) is 0 Å². The van der Waals surface area contributed by atoms with Gasteiger partial charge in [-0.3, -0.25) is 5.10 Å². The van der Waals surface area contributed by atoms with E-state index in [2.05, 4.69) is 25.6 Å². The normalized spacial score (nSPS) is 15.5. The van der Waals surface area contributed by atoms with Crippen molar-refractivity contribution in [3.05, 3.63) is 18.6 Å². The fourth-order valence-electron chi connectivity index (χ4n) is 1.56. The zero-order valence-corrected chi connectivity index (χ0v) is 8.29. The van der Waals surface area contributed by atoms with E-state index in [0.29, 0.717) is 24.6 Å². The molecule has 82 valence electrons. The van der Waals surface area contributed by atoms with Gasteiger partial charge in [-0.05, 0) is 6.07 Å². The maximum absolute atomic E-state index is 11.4. The molecule has 3 rings (SSSR count). The van der Waals surface area contributed by atoms with Crippen molar-refractivity contribution in [3.63, 3.8) is 0 Å². The van der Waals surface area contributed by atoms with Gasteiger partial charge in [0.15, 0.2) is 5.82 Å². The van der Waals surface area contributed by atoms with E-state index in [1.165, 1.54) is 16.1 Å². The second-order valence-corrected chi connectivity index (χ2v) is 3.31. The van der Waals surface area contributed by atoms with Crippen molar-refractivity contribution in [1.82, 2.24) is 30.4 Å². The molecule has 0 bridgehead atoms. The highest BCUT2D eigenvalue weighted by Gasteiger charge is 2.22. The molecule has 8 heteroatoms. The number of hydrogen-bond donors (Lipinski definition) is 2. The molecule has 1 aliphatic rings. The van der Waals surface area contributed by atoms with E-state index >= 15 is 0 Å². The highest BCUT2D eigenvalue weighted by atomic mass is 16.2. The van der Waals surface area contributed by atoms with E-state index < -0.39 is 0 Å². The first-order chi connectivity index (χ1) is 7.84. The Morgan fingerprint density at radius 2 is 2.38 bits per heavy atom. The van der Waals surface area contributed by atoms with Gasteiger partial charge in [-0.15, -0.1) is 5.10 Å². The fourth-order valence-corrected chi connectivity index (χ4v) is 1.56. The first kappa shape index (κ1) is 8.89. The molecule has 16 heavy (non-hydrogen) atoms. The highest BCUT2D eigenvalue weighted by Crippen LogP contribution is 2.10. The lowest BCUT2D eigenvalue weighted by molar-refractivity contribution is 0.247. The topological polar surface area (TPSA) is 91.7 Å². The van der Waals surface area contributed by atoms with Gasteiger partial charge >= 0.3 is 6.03 Å². The second kappa shape index (κ2) is 3.33. The SMILES string of the molecule is O=C1NCCN1n1ccc(-c2ncn[nH]2)n1. The molecule has 2 N–H and O–H groups in total. The number of aromatic nitrogens is 5. The van der Waals surface area contributed by atoms with Crippen LogP contribution in [-0.2, 0) is 0 Å². The first-order valence-corrected chi connectivity index (χ1v) is 4.81. The summed E-state index contributed by atoms with van der Waals surface area (Å²) in [6.45, 7) is 1.24. The number of carbonyl (C=O) groups is 1. The summed E-state index contributed by atoms with van der Waals surface area (Å²) in [5.74, 6) is 0.582. The molecule has 0 aliphatic carbocycles. The molecular weight excluding hydrogens is 210 g/mol. The Morgan fingerprint density at radius 1 is 1.44 bits per heavy atom. The summed E-state index contributed by atoms with van der Waals surface area (Å²) in [7, 11) is 0. The number of nitrogens with one attached hydrogen (secondary N) is 2. The van der Waals surface area contributed by atoms with Crippen LogP contribution in [0.15, 0.2) is 18.6 Å². The van der Waals surface area contributed by atoms with Crippen LogP contribution in [0, 0.1) is 0 Å². The number of amides is 2. The second-order valence-electron chi connectivity index (χ2n) is 3.31. The van der Waals surface area contributed by atoms with Crippen molar-refractivity contribution in [2.24, 2.45) is 0 Å². The monoisotopic (exact) mass is 219 g/mol. The smallest absolute Gasteiger partial charge is 0.335 e. The molecule has 0 atom stereocenters. The Hall–Kier alpha value is -2.38. The van der Waals surface area contributed by atoms with E-state index in [-0.39, 0.29) is 6.03 Å². The van der Waals surface area contributed by atoms with Gasteiger partial charge in [0.1, 0.15) is 12.0 Å². The van der Waals surface area contributed by atoms with Gasteiger partial charge in [0.2, 0.25) is 0 Å². The summed E-state index contributed by atoms with van der Waals surface area (Å²) >= 11 is 0. The summed E-state index contributed by atoms with van der Waals surface area (Å²) in [5.41, 5.74) is 0.650. The minimum Gasteiger partial charge on any atom is -0.335 e. The zero-order valence-electron chi connectivity index (χ0n) is 8.29. The zero-order chi connectivity index (χ0) is 11.0. The van der Waals surface area contributed by atoms with E-state index in [9.17, 15) is 4.79 Å². The van der Waals surface area contributed by atoms with Gasteiger partial charge in [-0.1, -0.05) is 0 Å².